The molecule has 1 atom stereocenters. The van der Waals surface area contributed by atoms with Crippen LogP contribution in [0.15, 0.2) is 12.1 Å². The fourth-order valence-electron chi connectivity index (χ4n) is 2.99. The molecule has 0 fully saturated rings. The molecule has 0 aliphatic carbocycles. The van der Waals surface area contributed by atoms with Crippen molar-refractivity contribution >= 4 is 12.1 Å². The zero-order valence-corrected chi connectivity index (χ0v) is 13.7. The number of esters is 1. The van der Waals surface area contributed by atoms with Gasteiger partial charge in [0.05, 0.1) is 5.56 Å². The van der Waals surface area contributed by atoms with Crippen molar-refractivity contribution in [1.29, 1.82) is 0 Å². The summed E-state index contributed by atoms with van der Waals surface area (Å²) >= 11 is 0. The number of hydrogen-bond acceptors (Lipinski definition) is 5. The largest absolute Gasteiger partial charge is 0.452 e. The van der Waals surface area contributed by atoms with Crippen molar-refractivity contribution in [2.45, 2.75) is 45.4 Å². The number of nitrogens with two attached hydrogens (primary N) is 1. The van der Waals surface area contributed by atoms with Gasteiger partial charge in [0.25, 0.3) is 0 Å². The van der Waals surface area contributed by atoms with Crippen molar-refractivity contribution in [3.63, 3.8) is 0 Å². The van der Waals surface area contributed by atoms with E-state index in [0.29, 0.717) is 18.7 Å². The van der Waals surface area contributed by atoms with E-state index in [1.165, 1.54) is 0 Å². The van der Waals surface area contributed by atoms with Gasteiger partial charge in [-0.25, -0.2) is 9.59 Å². The number of fused-ring (bicyclic) bond motifs is 2. The number of benzene rings is 1. The first kappa shape index (κ1) is 15.8. The van der Waals surface area contributed by atoms with Crippen LogP contribution in [0, 0.1) is 0 Å². The number of amides is 1. The Labute approximate surface area is 135 Å². The van der Waals surface area contributed by atoms with Crippen LogP contribution in [0.25, 0.3) is 0 Å². The maximum atomic E-state index is 12.2. The molecular formula is C17H22N2O4. The lowest BCUT2D eigenvalue weighted by atomic mass is 9.93. The van der Waals surface area contributed by atoms with Gasteiger partial charge in [0.1, 0.15) is 11.7 Å². The molecule has 0 saturated heterocycles. The summed E-state index contributed by atoms with van der Waals surface area (Å²) in [6.45, 7) is 6.86. The lowest BCUT2D eigenvalue weighted by Crippen LogP contribution is -2.40. The molecule has 0 aromatic heterocycles. The zero-order valence-electron chi connectivity index (χ0n) is 13.7. The summed E-state index contributed by atoms with van der Waals surface area (Å²) in [6, 6.07) is 3.83. The molecule has 23 heavy (non-hydrogen) atoms. The maximum Gasteiger partial charge on any atom is 0.410 e. The van der Waals surface area contributed by atoms with Gasteiger partial charge in [-0.15, -0.1) is 0 Å². The van der Waals surface area contributed by atoms with E-state index in [0.717, 1.165) is 23.1 Å². The molecule has 1 amide bonds. The molecule has 2 aliphatic rings. The number of rotatable bonds is 1. The van der Waals surface area contributed by atoms with Gasteiger partial charge in [0.15, 0.2) is 0 Å². The number of hydrogen-bond donors (Lipinski definition) is 1. The van der Waals surface area contributed by atoms with Crippen LogP contribution in [0.1, 0.15) is 53.9 Å². The second-order valence-corrected chi connectivity index (χ2v) is 6.99. The summed E-state index contributed by atoms with van der Waals surface area (Å²) in [5, 5.41) is 0. The number of cyclic esters (lactones) is 1. The molecule has 1 unspecified atom stereocenters. The van der Waals surface area contributed by atoms with Crippen molar-refractivity contribution in [2.75, 3.05) is 13.1 Å². The standard InChI is InChI=1S/C17H22N2O4/c1-17(2,3)23-16(21)19-5-4-10-6-12-13(7-11(10)9-19)15(20)22-14(12)8-18/h6-7,14H,4-5,8-9,18H2,1-3H3. The van der Waals surface area contributed by atoms with Gasteiger partial charge in [-0.3, -0.25) is 0 Å². The van der Waals surface area contributed by atoms with E-state index in [4.69, 9.17) is 15.2 Å². The number of carbonyl (C=O) groups excluding carboxylic acids is 2. The minimum absolute atomic E-state index is 0.279. The van der Waals surface area contributed by atoms with E-state index in [9.17, 15) is 9.59 Å². The van der Waals surface area contributed by atoms with Crippen molar-refractivity contribution < 1.29 is 19.1 Å². The lowest BCUT2D eigenvalue weighted by molar-refractivity contribution is 0.0223. The number of ether oxygens (including phenoxy) is 2. The first-order valence-corrected chi connectivity index (χ1v) is 7.83. The fourth-order valence-corrected chi connectivity index (χ4v) is 2.99. The van der Waals surface area contributed by atoms with Crippen LogP contribution in [-0.2, 0) is 22.4 Å². The first-order chi connectivity index (χ1) is 10.8. The summed E-state index contributed by atoms with van der Waals surface area (Å²) in [7, 11) is 0. The molecule has 2 N–H and O–H groups in total. The number of nitrogens with zero attached hydrogens (tertiary/aromatic N) is 1. The summed E-state index contributed by atoms with van der Waals surface area (Å²) < 4.78 is 10.7. The third-order valence-electron chi connectivity index (χ3n) is 4.07. The van der Waals surface area contributed by atoms with Crippen LogP contribution < -0.4 is 5.73 Å². The minimum atomic E-state index is -0.520. The Morgan fingerprint density at radius 2 is 2.13 bits per heavy atom. The Morgan fingerprint density at radius 1 is 1.39 bits per heavy atom. The van der Waals surface area contributed by atoms with E-state index in [2.05, 4.69) is 0 Å². The average molecular weight is 318 g/mol. The van der Waals surface area contributed by atoms with Crippen molar-refractivity contribution in [3.8, 4) is 0 Å². The van der Waals surface area contributed by atoms with Gasteiger partial charge < -0.3 is 20.1 Å². The zero-order chi connectivity index (χ0) is 16.8. The smallest absolute Gasteiger partial charge is 0.410 e. The van der Waals surface area contributed by atoms with Gasteiger partial charge >= 0.3 is 12.1 Å². The highest BCUT2D eigenvalue weighted by Crippen LogP contribution is 2.34. The van der Waals surface area contributed by atoms with Crippen LogP contribution in [0.2, 0.25) is 0 Å². The van der Waals surface area contributed by atoms with Crippen LogP contribution in [-0.4, -0.2) is 35.7 Å². The molecule has 3 rings (SSSR count). The molecule has 0 bridgehead atoms. The second kappa shape index (κ2) is 5.53. The molecule has 124 valence electrons. The molecular weight excluding hydrogens is 296 g/mol. The summed E-state index contributed by atoms with van der Waals surface area (Å²) in [5.74, 6) is -0.340. The van der Waals surface area contributed by atoms with Crippen LogP contribution >= 0.6 is 0 Å². The Hall–Kier alpha value is -2.08. The van der Waals surface area contributed by atoms with E-state index in [1.54, 1.807) is 4.90 Å². The Morgan fingerprint density at radius 3 is 2.78 bits per heavy atom. The van der Waals surface area contributed by atoms with E-state index in [1.807, 2.05) is 32.9 Å². The van der Waals surface area contributed by atoms with Gasteiger partial charge in [0.2, 0.25) is 0 Å². The Bertz CT molecular complexity index is 663. The van der Waals surface area contributed by atoms with Crippen molar-refractivity contribution in [3.05, 3.63) is 34.4 Å². The molecule has 2 aliphatic heterocycles. The highest BCUT2D eigenvalue weighted by molar-refractivity contribution is 5.94. The molecule has 1 aromatic carbocycles. The topological polar surface area (TPSA) is 81.9 Å². The summed E-state index contributed by atoms with van der Waals surface area (Å²) in [6.07, 6.45) is 0.0469. The minimum Gasteiger partial charge on any atom is -0.452 e. The normalized spacial score (nSPS) is 19.9. The Balaban J connectivity index is 1.84. The average Bonchev–Trinajstić information content (AvgIpc) is 2.78. The molecule has 0 spiro atoms. The lowest BCUT2D eigenvalue weighted by Gasteiger charge is -2.31. The number of carbonyl (C=O) groups is 2. The van der Waals surface area contributed by atoms with Gasteiger partial charge in [-0.2, -0.15) is 0 Å². The van der Waals surface area contributed by atoms with Crippen LogP contribution in [0.3, 0.4) is 0 Å². The summed E-state index contributed by atoms with van der Waals surface area (Å²) in [5.41, 5.74) is 8.67. The van der Waals surface area contributed by atoms with Crippen molar-refractivity contribution in [2.24, 2.45) is 5.73 Å². The predicted octanol–water partition coefficient (Wildman–Crippen LogP) is 2.15. The van der Waals surface area contributed by atoms with E-state index in [-0.39, 0.29) is 24.7 Å². The van der Waals surface area contributed by atoms with Crippen molar-refractivity contribution in [1.82, 2.24) is 4.90 Å². The monoisotopic (exact) mass is 318 g/mol. The molecule has 2 heterocycles. The highest BCUT2D eigenvalue weighted by Gasteiger charge is 2.33. The van der Waals surface area contributed by atoms with Gasteiger partial charge in [-0.1, -0.05) is 6.07 Å². The fraction of sp³-hybridized carbons (Fsp3) is 0.529. The van der Waals surface area contributed by atoms with Crippen LogP contribution in [0.4, 0.5) is 4.79 Å². The van der Waals surface area contributed by atoms with E-state index >= 15 is 0 Å². The second-order valence-electron chi connectivity index (χ2n) is 6.99. The molecule has 1 aromatic rings. The highest BCUT2D eigenvalue weighted by atomic mass is 16.6. The third-order valence-corrected chi connectivity index (χ3v) is 4.07. The van der Waals surface area contributed by atoms with Gasteiger partial charge in [0, 0.05) is 25.2 Å². The van der Waals surface area contributed by atoms with E-state index < -0.39 is 5.60 Å². The molecule has 0 radical (unpaired) electrons. The quantitative estimate of drug-likeness (QED) is 0.802. The SMILES string of the molecule is CC(C)(C)OC(=O)N1CCc2cc3c(cc2C1)C(=O)OC3CN. The maximum absolute atomic E-state index is 12.2. The predicted molar refractivity (Wildman–Crippen MR) is 84.0 cm³/mol. The molecule has 0 saturated carbocycles. The summed E-state index contributed by atoms with van der Waals surface area (Å²) in [4.78, 5) is 25.8. The van der Waals surface area contributed by atoms with Crippen LogP contribution in [0.5, 0.6) is 0 Å². The Kier molecular flexibility index (Phi) is 3.80. The third kappa shape index (κ3) is 3.03. The molecule has 6 nitrogen and oxygen atoms in total. The van der Waals surface area contributed by atoms with Gasteiger partial charge in [-0.05, 0) is 44.4 Å². The first-order valence-electron chi connectivity index (χ1n) is 7.83. The molecule has 6 heteroatoms.